The van der Waals surface area contributed by atoms with Crippen LogP contribution in [0, 0.1) is 0 Å². The Morgan fingerprint density at radius 3 is 2.55 bits per heavy atom. The smallest absolute Gasteiger partial charge is 0.336 e. The fourth-order valence-electron chi connectivity index (χ4n) is 2.29. The lowest BCUT2D eigenvalue weighted by molar-refractivity contribution is 0.0697. The Bertz CT molecular complexity index is 852. The second-order valence-electron chi connectivity index (χ2n) is 5.12. The Morgan fingerprint density at radius 1 is 1.27 bits per heavy atom. The molecular weight excluding hydrogens is 282 g/mol. The van der Waals surface area contributed by atoms with Gasteiger partial charge in [-0.3, -0.25) is 0 Å². The van der Waals surface area contributed by atoms with E-state index < -0.39 is 5.97 Å². The first-order valence-corrected chi connectivity index (χ1v) is 6.62. The molecule has 7 nitrogen and oxygen atoms in total. The van der Waals surface area contributed by atoms with Gasteiger partial charge in [0.05, 0.1) is 5.56 Å². The molecule has 3 rings (SSSR count). The minimum absolute atomic E-state index is 0.108. The van der Waals surface area contributed by atoms with Crippen molar-refractivity contribution >= 4 is 23.3 Å². The quantitative estimate of drug-likeness (QED) is 0.764. The number of nitrogen functional groups attached to an aromatic ring is 1. The molecule has 3 N–H and O–H groups in total. The second kappa shape index (κ2) is 5.03. The zero-order chi connectivity index (χ0) is 15.9. The normalized spacial score (nSPS) is 10.8. The topological polar surface area (TPSA) is 96.8 Å². The standard InChI is InChI=1S/C15H15N5O2/c1-19(2)10-5-3-9(4-6-10)12-8-20-13(17-15(16)18-20)7-11(12)14(21)22/h3-8H,1-2H3,(H2,16,18)(H,21,22). The molecule has 3 aromatic rings. The largest absolute Gasteiger partial charge is 0.478 e. The third-order valence-electron chi connectivity index (χ3n) is 3.41. The molecule has 22 heavy (non-hydrogen) atoms. The van der Waals surface area contributed by atoms with E-state index in [0.717, 1.165) is 11.3 Å². The van der Waals surface area contributed by atoms with E-state index in [1.807, 2.05) is 43.3 Å². The number of pyridine rings is 1. The molecule has 0 amide bonds. The molecule has 0 aliphatic carbocycles. The van der Waals surface area contributed by atoms with Crippen LogP contribution in [0.5, 0.6) is 0 Å². The minimum atomic E-state index is -1.02. The van der Waals surface area contributed by atoms with E-state index in [9.17, 15) is 9.90 Å². The average Bonchev–Trinajstić information content (AvgIpc) is 2.85. The van der Waals surface area contributed by atoms with Crippen molar-refractivity contribution in [3.8, 4) is 11.1 Å². The van der Waals surface area contributed by atoms with Crippen LogP contribution in [0.1, 0.15) is 10.4 Å². The first kappa shape index (κ1) is 13.9. The zero-order valence-corrected chi connectivity index (χ0v) is 12.2. The Kier molecular flexibility index (Phi) is 3.17. The van der Waals surface area contributed by atoms with E-state index in [-0.39, 0.29) is 11.5 Å². The van der Waals surface area contributed by atoms with Crippen LogP contribution in [-0.4, -0.2) is 39.8 Å². The number of anilines is 2. The van der Waals surface area contributed by atoms with Gasteiger partial charge < -0.3 is 15.7 Å². The highest BCUT2D eigenvalue weighted by Gasteiger charge is 2.15. The summed E-state index contributed by atoms with van der Waals surface area (Å²) in [7, 11) is 3.89. The highest BCUT2D eigenvalue weighted by Crippen LogP contribution is 2.27. The number of carboxylic acids is 1. The Labute approximate surface area is 126 Å². The predicted octanol–water partition coefficient (Wildman–Crippen LogP) is 1.74. The summed E-state index contributed by atoms with van der Waals surface area (Å²) in [6.07, 6.45) is 1.63. The van der Waals surface area contributed by atoms with Crippen LogP contribution < -0.4 is 10.6 Å². The van der Waals surface area contributed by atoms with Gasteiger partial charge in [0.25, 0.3) is 0 Å². The zero-order valence-electron chi connectivity index (χ0n) is 12.2. The summed E-state index contributed by atoms with van der Waals surface area (Å²) in [5.41, 5.74) is 8.52. The van der Waals surface area contributed by atoms with Crippen molar-refractivity contribution in [3.05, 3.63) is 42.1 Å². The molecule has 2 aromatic heterocycles. The van der Waals surface area contributed by atoms with Gasteiger partial charge >= 0.3 is 5.97 Å². The van der Waals surface area contributed by atoms with E-state index in [1.165, 1.54) is 10.6 Å². The van der Waals surface area contributed by atoms with Crippen LogP contribution in [0.25, 0.3) is 16.8 Å². The van der Waals surface area contributed by atoms with Crippen molar-refractivity contribution in [1.29, 1.82) is 0 Å². The van der Waals surface area contributed by atoms with Gasteiger partial charge in [-0.15, -0.1) is 5.10 Å². The first-order valence-electron chi connectivity index (χ1n) is 6.62. The van der Waals surface area contributed by atoms with Gasteiger partial charge in [0.1, 0.15) is 0 Å². The van der Waals surface area contributed by atoms with Crippen LogP contribution in [0.15, 0.2) is 36.5 Å². The van der Waals surface area contributed by atoms with Crippen molar-refractivity contribution in [2.45, 2.75) is 0 Å². The molecule has 0 bridgehead atoms. The van der Waals surface area contributed by atoms with E-state index in [4.69, 9.17) is 5.73 Å². The lowest BCUT2D eigenvalue weighted by Crippen LogP contribution is -2.08. The molecule has 0 fully saturated rings. The molecule has 0 saturated heterocycles. The SMILES string of the molecule is CN(C)c1ccc(-c2cn3nc(N)nc3cc2C(=O)O)cc1. The van der Waals surface area contributed by atoms with E-state index >= 15 is 0 Å². The molecule has 0 spiro atoms. The molecule has 1 aromatic carbocycles. The fourth-order valence-corrected chi connectivity index (χ4v) is 2.29. The van der Waals surface area contributed by atoms with Crippen molar-refractivity contribution < 1.29 is 9.90 Å². The van der Waals surface area contributed by atoms with Gasteiger partial charge in [0, 0.05) is 31.5 Å². The summed E-state index contributed by atoms with van der Waals surface area (Å²) >= 11 is 0. The highest BCUT2D eigenvalue weighted by molar-refractivity contribution is 5.97. The number of benzene rings is 1. The summed E-state index contributed by atoms with van der Waals surface area (Å²) in [5, 5.41) is 13.5. The Hall–Kier alpha value is -3.09. The molecule has 7 heteroatoms. The Balaban J connectivity index is 2.19. The van der Waals surface area contributed by atoms with E-state index in [0.29, 0.717) is 11.2 Å². The number of hydrogen-bond donors (Lipinski definition) is 2. The number of carbonyl (C=O) groups is 1. The summed E-state index contributed by atoms with van der Waals surface area (Å²) in [4.78, 5) is 17.5. The van der Waals surface area contributed by atoms with Gasteiger partial charge in [0.2, 0.25) is 5.95 Å². The molecule has 112 valence electrons. The van der Waals surface area contributed by atoms with Crippen molar-refractivity contribution in [2.75, 3.05) is 24.7 Å². The minimum Gasteiger partial charge on any atom is -0.478 e. The number of hydrogen-bond acceptors (Lipinski definition) is 5. The molecule has 0 unspecified atom stereocenters. The third kappa shape index (κ3) is 2.32. The number of aromatic nitrogens is 3. The van der Waals surface area contributed by atoms with Gasteiger partial charge in [-0.25, -0.2) is 9.31 Å². The third-order valence-corrected chi connectivity index (χ3v) is 3.41. The summed E-state index contributed by atoms with van der Waals surface area (Å²) in [5.74, 6) is -0.910. The maximum Gasteiger partial charge on any atom is 0.336 e. The molecule has 0 radical (unpaired) electrons. The number of nitrogens with two attached hydrogens (primary N) is 1. The molecule has 0 aliphatic rings. The van der Waals surface area contributed by atoms with Crippen molar-refractivity contribution in [2.24, 2.45) is 0 Å². The lowest BCUT2D eigenvalue weighted by Gasteiger charge is -2.13. The Morgan fingerprint density at radius 2 is 1.95 bits per heavy atom. The number of nitrogens with zero attached hydrogens (tertiary/aromatic N) is 4. The van der Waals surface area contributed by atoms with Crippen LogP contribution in [0.2, 0.25) is 0 Å². The summed E-state index contributed by atoms with van der Waals surface area (Å²) in [6, 6.07) is 9.09. The average molecular weight is 297 g/mol. The van der Waals surface area contributed by atoms with Crippen molar-refractivity contribution in [3.63, 3.8) is 0 Å². The number of rotatable bonds is 3. The first-order chi connectivity index (χ1) is 10.5. The maximum atomic E-state index is 11.5. The van der Waals surface area contributed by atoms with E-state index in [1.54, 1.807) is 6.20 Å². The summed E-state index contributed by atoms with van der Waals surface area (Å²) in [6.45, 7) is 0. The monoisotopic (exact) mass is 297 g/mol. The van der Waals surface area contributed by atoms with Gasteiger partial charge in [-0.2, -0.15) is 4.98 Å². The predicted molar refractivity (Wildman–Crippen MR) is 84.1 cm³/mol. The maximum absolute atomic E-state index is 11.5. The molecular formula is C15H15N5O2. The molecule has 0 atom stereocenters. The number of fused-ring (bicyclic) bond motifs is 1. The molecule has 0 aliphatic heterocycles. The number of carboxylic acid groups (broad SMARTS) is 1. The second-order valence-corrected chi connectivity index (χ2v) is 5.12. The van der Waals surface area contributed by atoms with Gasteiger partial charge in [-0.1, -0.05) is 12.1 Å². The highest BCUT2D eigenvalue weighted by atomic mass is 16.4. The lowest BCUT2D eigenvalue weighted by atomic mass is 10.0. The van der Waals surface area contributed by atoms with Crippen molar-refractivity contribution in [1.82, 2.24) is 14.6 Å². The number of aromatic carboxylic acids is 1. The van der Waals surface area contributed by atoms with Crippen LogP contribution >= 0.6 is 0 Å². The van der Waals surface area contributed by atoms with Gasteiger partial charge in [-0.05, 0) is 23.8 Å². The van der Waals surface area contributed by atoms with Gasteiger partial charge in [0.15, 0.2) is 5.65 Å². The van der Waals surface area contributed by atoms with Crippen LogP contribution in [0.3, 0.4) is 0 Å². The van der Waals surface area contributed by atoms with Crippen LogP contribution in [-0.2, 0) is 0 Å². The van der Waals surface area contributed by atoms with Crippen LogP contribution in [0.4, 0.5) is 11.6 Å². The molecule has 0 saturated carbocycles. The fraction of sp³-hybridized carbons (Fsp3) is 0.133. The van der Waals surface area contributed by atoms with E-state index in [2.05, 4.69) is 10.1 Å². The molecule has 2 heterocycles. The summed E-state index contributed by atoms with van der Waals surface area (Å²) < 4.78 is 1.48.